The lowest BCUT2D eigenvalue weighted by Crippen LogP contribution is -2.36. The minimum absolute atomic E-state index is 0.546. The molecule has 0 fully saturated rings. The average Bonchev–Trinajstić information content (AvgIpc) is 2.88. The van der Waals surface area contributed by atoms with Gasteiger partial charge in [0.25, 0.3) is 0 Å². The standard InChI is InChI=1S/C19H19ClN2/c1-21(2)14-10-13-6-5-8-16-17(12-22(11-14)19(13)16)15-7-3-4-9-18(15)20/h3-9,12,14H,10-11H2,1-2H3/t14-/m1/s1. The van der Waals surface area contributed by atoms with Crippen molar-refractivity contribution in [3.63, 3.8) is 0 Å². The van der Waals surface area contributed by atoms with E-state index in [0.717, 1.165) is 23.6 Å². The number of hydrogen-bond acceptors (Lipinski definition) is 1. The van der Waals surface area contributed by atoms with Crippen LogP contribution in [0.1, 0.15) is 5.56 Å². The van der Waals surface area contributed by atoms with Crippen molar-refractivity contribution in [2.24, 2.45) is 0 Å². The second-order valence-corrected chi connectivity index (χ2v) is 6.72. The molecule has 3 heteroatoms. The molecular formula is C19H19ClN2. The normalized spacial score (nSPS) is 17.4. The van der Waals surface area contributed by atoms with Crippen LogP contribution in [0.15, 0.2) is 48.7 Å². The number of halogens is 1. The molecule has 2 aromatic carbocycles. The molecule has 0 aliphatic carbocycles. The summed E-state index contributed by atoms with van der Waals surface area (Å²) >= 11 is 6.43. The summed E-state index contributed by atoms with van der Waals surface area (Å²) < 4.78 is 2.40. The molecule has 3 aromatic rings. The highest BCUT2D eigenvalue weighted by molar-refractivity contribution is 6.33. The number of benzene rings is 2. The van der Waals surface area contributed by atoms with Gasteiger partial charge >= 0.3 is 0 Å². The van der Waals surface area contributed by atoms with Crippen LogP contribution in [0, 0.1) is 0 Å². The zero-order valence-corrected chi connectivity index (χ0v) is 13.6. The van der Waals surface area contributed by atoms with Crippen LogP contribution in [0.25, 0.3) is 22.0 Å². The van der Waals surface area contributed by atoms with Gasteiger partial charge in [0.1, 0.15) is 0 Å². The lowest BCUT2D eigenvalue weighted by molar-refractivity contribution is 0.258. The number of aromatic nitrogens is 1. The van der Waals surface area contributed by atoms with Crippen LogP contribution in [0.5, 0.6) is 0 Å². The van der Waals surface area contributed by atoms with Crippen LogP contribution in [0.4, 0.5) is 0 Å². The van der Waals surface area contributed by atoms with Gasteiger partial charge in [-0.1, -0.05) is 48.0 Å². The van der Waals surface area contributed by atoms with E-state index in [1.807, 2.05) is 12.1 Å². The summed E-state index contributed by atoms with van der Waals surface area (Å²) in [5.41, 5.74) is 5.16. The van der Waals surface area contributed by atoms with Crippen molar-refractivity contribution in [1.82, 2.24) is 9.47 Å². The molecule has 0 saturated heterocycles. The summed E-state index contributed by atoms with van der Waals surface area (Å²) in [6.07, 6.45) is 3.38. The fourth-order valence-corrected chi connectivity index (χ4v) is 3.77. The molecule has 0 unspecified atom stereocenters. The smallest absolute Gasteiger partial charge is 0.0520 e. The summed E-state index contributed by atoms with van der Waals surface area (Å²) in [5, 5.41) is 2.12. The maximum atomic E-state index is 6.43. The van der Waals surface area contributed by atoms with Gasteiger partial charge in [0.2, 0.25) is 0 Å². The van der Waals surface area contributed by atoms with E-state index in [1.54, 1.807) is 0 Å². The zero-order chi connectivity index (χ0) is 15.3. The van der Waals surface area contributed by atoms with E-state index < -0.39 is 0 Å². The topological polar surface area (TPSA) is 8.17 Å². The second-order valence-electron chi connectivity index (χ2n) is 6.31. The zero-order valence-electron chi connectivity index (χ0n) is 12.9. The van der Waals surface area contributed by atoms with Crippen LogP contribution in [0.2, 0.25) is 5.02 Å². The third kappa shape index (κ3) is 2.06. The van der Waals surface area contributed by atoms with Gasteiger partial charge in [-0.05, 0) is 32.1 Å². The fraction of sp³-hybridized carbons (Fsp3) is 0.263. The van der Waals surface area contributed by atoms with Gasteiger partial charge in [0.05, 0.1) is 5.52 Å². The van der Waals surface area contributed by atoms with Crippen molar-refractivity contribution >= 4 is 22.5 Å². The molecule has 2 nitrogen and oxygen atoms in total. The monoisotopic (exact) mass is 310 g/mol. The van der Waals surface area contributed by atoms with E-state index in [2.05, 4.69) is 60.1 Å². The van der Waals surface area contributed by atoms with Crippen LogP contribution < -0.4 is 0 Å². The van der Waals surface area contributed by atoms with Gasteiger partial charge < -0.3 is 9.47 Å². The molecule has 22 heavy (non-hydrogen) atoms. The van der Waals surface area contributed by atoms with Crippen molar-refractivity contribution in [3.05, 3.63) is 59.2 Å². The largest absolute Gasteiger partial charge is 0.345 e. The fourth-order valence-electron chi connectivity index (χ4n) is 3.53. The first kappa shape index (κ1) is 13.9. The third-order valence-electron chi connectivity index (χ3n) is 4.74. The predicted molar refractivity (Wildman–Crippen MR) is 93.6 cm³/mol. The van der Waals surface area contributed by atoms with Gasteiger partial charge in [-0.15, -0.1) is 0 Å². The molecular weight excluding hydrogens is 292 g/mol. The van der Waals surface area contributed by atoms with Crippen LogP contribution in [-0.4, -0.2) is 29.6 Å². The Morgan fingerprint density at radius 3 is 2.64 bits per heavy atom. The highest BCUT2D eigenvalue weighted by Crippen LogP contribution is 2.38. The number of rotatable bonds is 2. The minimum Gasteiger partial charge on any atom is -0.345 e. The molecule has 112 valence electrons. The molecule has 1 aliphatic rings. The Bertz CT molecular complexity index is 848. The third-order valence-corrected chi connectivity index (χ3v) is 5.07. The van der Waals surface area contributed by atoms with Crippen LogP contribution in [0.3, 0.4) is 0 Å². The van der Waals surface area contributed by atoms with Crippen molar-refractivity contribution in [3.8, 4) is 11.1 Å². The quantitative estimate of drug-likeness (QED) is 0.679. The summed E-state index contributed by atoms with van der Waals surface area (Å²) in [7, 11) is 4.32. The Labute approximate surface area is 135 Å². The molecule has 2 heterocycles. The Kier molecular flexibility index (Phi) is 3.24. The average molecular weight is 311 g/mol. The Hall–Kier alpha value is -1.77. The van der Waals surface area contributed by atoms with E-state index in [-0.39, 0.29) is 0 Å². The first-order valence-corrected chi connectivity index (χ1v) is 8.05. The Morgan fingerprint density at radius 2 is 1.86 bits per heavy atom. The van der Waals surface area contributed by atoms with E-state index in [0.29, 0.717) is 6.04 Å². The van der Waals surface area contributed by atoms with Crippen molar-refractivity contribution in [2.45, 2.75) is 19.0 Å². The highest BCUT2D eigenvalue weighted by Gasteiger charge is 2.24. The van der Waals surface area contributed by atoms with Crippen molar-refractivity contribution < 1.29 is 0 Å². The molecule has 4 rings (SSSR count). The first-order valence-electron chi connectivity index (χ1n) is 7.67. The van der Waals surface area contributed by atoms with E-state index in [1.165, 1.54) is 22.0 Å². The summed E-state index contributed by atoms with van der Waals surface area (Å²) in [6, 6.07) is 15.3. The SMILES string of the molecule is CN(C)[C@@H]1Cc2cccc3c(-c4ccccc4Cl)cn(c23)C1. The van der Waals surface area contributed by atoms with E-state index in [9.17, 15) is 0 Å². The second kappa shape index (κ2) is 5.15. The molecule has 1 atom stereocenters. The molecule has 0 radical (unpaired) electrons. The molecule has 1 aromatic heterocycles. The summed E-state index contributed by atoms with van der Waals surface area (Å²) in [6.45, 7) is 1.03. The molecule has 0 spiro atoms. The Balaban J connectivity index is 1.95. The number of para-hydroxylation sites is 1. The Morgan fingerprint density at radius 1 is 1.05 bits per heavy atom. The van der Waals surface area contributed by atoms with Gasteiger partial charge in [0, 0.05) is 40.3 Å². The molecule has 0 amide bonds. The first-order chi connectivity index (χ1) is 10.6. The summed E-state index contributed by atoms with van der Waals surface area (Å²) in [5.74, 6) is 0. The van der Waals surface area contributed by atoms with E-state index in [4.69, 9.17) is 11.6 Å². The van der Waals surface area contributed by atoms with Gasteiger partial charge in [0.15, 0.2) is 0 Å². The number of nitrogens with zero attached hydrogens (tertiary/aromatic N) is 2. The van der Waals surface area contributed by atoms with Crippen LogP contribution in [-0.2, 0) is 13.0 Å². The number of hydrogen-bond donors (Lipinski definition) is 0. The molecule has 0 N–H and O–H groups in total. The predicted octanol–water partition coefficient (Wildman–Crippen LogP) is 4.45. The highest BCUT2D eigenvalue weighted by atomic mass is 35.5. The van der Waals surface area contributed by atoms with Crippen LogP contribution >= 0.6 is 11.6 Å². The van der Waals surface area contributed by atoms with E-state index >= 15 is 0 Å². The maximum absolute atomic E-state index is 6.43. The molecule has 1 aliphatic heterocycles. The minimum atomic E-state index is 0.546. The van der Waals surface area contributed by atoms with Gasteiger partial charge in [-0.2, -0.15) is 0 Å². The van der Waals surface area contributed by atoms with Gasteiger partial charge in [-0.3, -0.25) is 0 Å². The molecule has 0 saturated carbocycles. The lowest BCUT2D eigenvalue weighted by Gasteiger charge is -2.29. The summed E-state index contributed by atoms with van der Waals surface area (Å²) in [4.78, 5) is 2.32. The number of likely N-dealkylation sites (N-methyl/N-ethyl adjacent to an activating group) is 1. The maximum Gasteiger partial charge on any atom is 0.0520 e. The van der Waals surface area contributed by atoms with Gasteiger partial charge in [-0.25, -0.2) is 0 Å². The van der Waals surface area contributed by atoms with Crippen molar-refractivity contribution in [2.75, 3.05) is 14.1 Å². The lowest BCUT2D eigenvalue weighted by atomic mass is 9.97. The van der Waals surface area contributed by atoms with Crippen molar-refractivity contribution in [1.29, 1.82) is 0 Å². The molecule has 0 bridgehead atoms.